The third-order valence-electron chi connectivity index (χ3n) is 5.52. The summed E-state index contributed by atoms with van der Waals surface area (Å²) in [6, 6.07) is 41.3. The maximum atomic E-state index is 6.12. The number of hydrogen-bond donors (Lipinski definition) is 0. The second-order valence-corrected chi connectivity index (χ2v) is 10.9. The lowest BCUT2D eigenvalue weighted by Gasteiger charge is -2.28. The first-order chi connectivity index (χ1) is 15.3. The van der Waals surface area contributed by atoms with Gasteiger partial charge in [0, 0.05) is 12.7 Å². The highest BCUT2D eigenvalue weighted by Crippen LogP contribution is 2.58. The highest BCUT2D eigenvalue weighted by atomic mass is 79.9. The molecule has 0 saturated carbocycles. The number of benzene rings is 4. The molecular formula is C28H28BrO2P. The highest BCUT2D eigenvalue weighted by molar-refractivity contribution is 7.95. The van der Waals surface area contributed by atoms with Gasteiger partial charge in [-0.3, -0.25) is 0 Å². The molecule has 0 aromatic heterocycles. The van der Waals surface area contributed by atoms with Gasteiger partial charge >= 0.3 is 0 Å². The lowest BCUT2D eigenvalue weighted by atomic mass is 10.2. The molecule has 0 fully saturated rings. The first-order valence-electron chi connectivity index (χ1n) is 10.6. The predicted octanol–water partition coefficient (Wildman–Crippen LogP) is 2.21. The van der Waals surface area contributed by atoms with Crippen LogP contribution in [0.25, 0.3) is 0 Å². The van der Waals surface area contributed by atoms with Gasteiger partial charge in [0.15, 0.2) is 0 Å². The first kappa shape index (κ1) is 24.2. The van der Waals surface area contributed by atoms with Crippen molar-refractivity contribution >= 4 is 23.2 Å². The molecule has 0 aliphatic carbocycles. The van der Waals surface area contributed by atoms with Crippen LogP contribution in [0.3, 0.4) is 0 Å². The molecule has 0 saturated heterocycles. The summed E-state index contributed by atoms with van der Waals surface area (Å²) in [5.74, 6) is 0.937. The lowest BCUT2D eigenvalue weighted by Crippen LogP contribution is -3.00. The smallest absolute Gasteiger partial charge is 0.126 e. The van der Waals surface area contributed by atoms with Crippen molar-refractivity contribution in [3.8, 4) is 5.75 Å². The van der Waals surface area contributed by atoms with E-state index in [4.69, 9.17) is 9.47 Å². The van der Waals surface area contributed by atoms with E-state index in [-0.39, 0.29) is 17.0 Å². The summed E-state index contributed by atoms with van der Waals surface area (Å²) >= 11 is 0. The number of hydrogen-bond acceptors (Lipinski definition) is 2. The van der Waals surface area contributed by atoms with Gasteiger partial charge in [0.25, 0.3) is 0 Å². The molecule has 4 aromatic carbocycles. The average Bonchev–Trinajstić information content (AvgIpc) is 2.85. The van der Waals surface area contributed by atoms with E-state index < -0.39 is 7.26 Å². The largest absolute Gasteiger partial charge is 1.00 e. The Labute approximate surface area is 202 Å². The van der Waals surface area contributed by atoms with Gasteiger partial charge in [-0.25, -0.2) is 0 Å². The molecule has 0 aliphatic heterocycles. The molecule has 0 spiro atoms. The zero-order valence-corrected chi connectivity index (χ0v) is 20.7. The number of para-hydroxylation sites is 1. The Balaban J connectivity index is 0.00000289. The van der Waals surface area contributed by atoms with E-state index in [1.807, 2.05) is 6.07 Å². The van der Waals surface area contributed by atoms with E-state index in [2.05, 4.69) is 109 Å². The zero-order valence-electron chi connectivity index (χ0n) is 18.2. The summed E-state index contributed by atoms with van der Waals surface area (Å²) in [5, 5.41) is 4.12. The van der Waals surface area contributed by atoms with Crippen molar-refractivity contribution in [2.75, 3.05) is 20.3 Å². The van der Waals surface area contributed by atoms with Gasteiger partial charge in [-0.2, -0.15) is 0 Å². The molecule has 0 aliphatic rings. The van der Waals surface area contributed by atoms with Crippen molar-refractivity contribution in [3.05, 3.63) is 121 Å². The van der Waals surface area contributed by atoms with Crippen molar-refractivity contribution < 1.29 is 26.5 Å². The maximum Gasteiger partial charge on any atom is 0.126 e. The Morgan fingerprint density at radius 1 is 0.562 bits per heavy atom. The SMILES string of the molecule is COCCOc1ccccc1C[P+](c1ccccc1)(c1ccccc1)c1ccccc1.[Br-]. The van der Waals surface area contributed by atoms with Crippen LogP contribution in [0, 0.1) is 0 Å². The third-order valence-corrected chi connectivity index (χ3v) is 9.87. The molecule has 0 heterocycles. The van der Waals surface area contributed by atoms with E-state index in [0.29, 0.717) is 13.2 Å². The molecule has 2 nitrogen and oxygen atoms in total. The van der Waals surface area contributed by atoms with Crippen LogP contribution in [-0.4, -0.2) is 20.3 Å². The minimum atomic E-state index is -1.95. The Hall–Kier alpha value is -2.45. The Morgan fingerprint density at radius 2 is 1.00 bits per heavy atom. The van der Waals surface area contributed by atoms with Crippen LogP contribution in [0.1, 0.15) is 5.56 Å². The van der Waals surface area contributed by atoms with Crippen LogP contribution in [-0.2, 0) is 10.9 Å². The van der Waals surface area contributed by atoms with Gasteiger partial charge in [-0.15, -0.1) is 0 Å². The summed E-state index contributed by atoms with van der Waals surface area (Å²) in [4.78, 5) is 0. The third kappa shape index (κ3) is 5.30. The van der Waals surface area contributed by atoms with Crippen LogP contribution < -0.4 is 37.6 Å². The number of methoxy groups -OCH3 is 1. The van der Waals surface area contributed by atoms with E-state index in [1.165, 1.54) is 21.5 Å². The second kappa shape index (κ2) is 12.0. The molecule has 4 rings (SSSR count). The van der Waals surface area contributed by atoms with Gasteiger partial charge in [-0.05, 0) is 42.5 Å². The molecule has 4 heteroatoms. The van der Waals surface area contributed by atoms with Crippen LogP contribution in [0.15, 0.2) is 115 Å². The molecule has 164 valence electrons. The number of ether oxygens (including phenoxy) is 2. The van der Waals surface area contributed by atoms with Crippen molar-refractivity contribution in [1.82, 2.24) is 0 Å². The summed E-state index contributed by atoms with van der Waals surface area (Å²) in [7, 11) is -0.252. The Kier molecular flexibility index (Phi) is 9.05. The summed E-state index contributed by atoms with van der Waals surface area (Å²) in [6.45, 7) is 1.12. The Morgan fingerprint density at radius 3 is 1.47 bits per heavy atom. The average molecular weight is 507 g/mol. The molecule has 0 bridgehead atoms. The quantitative estimate of drug-likeness (QED) is 0.256. The highest BCUT2D eigenvalue weighted by Gasteiger charge is 2.45. The van der Waals surface area contributed by atoms with Gasteiger partial charge < -0.3 is 26.5 Å². The van der Waals surface area contributed by atoms with Crippen molar-refractivity contribution in [2.24, 2.45) is 0 Å². The van der Waals surface area contributed by atoms with Crippen molar-refractivity contribution in [2.45, 2.75) is 6.16 Å². The fourth-order valence-electron chi connectivity index (χ4n) is 4.03. The van der Waals surface area contributed by atoms with Crippen LogP contribution in [0.4, 0.5) is 0 Å². The molecule has 4 aromatic rings. The van der Waals surface area contributed by atoms with E-state index in [9.17, 15) is 0 Å². The molecule has 0 N–H and O–H groups in total. The monoisotopic (exact) mass is 506 g/mol. The second-order valence-electron chi connectivity index (χ2n) is 7.42. The minimum absolute atomic E-state index is 0. The van der Waals surface area contributed by atoms with Gasteiger partial charge in [0.2, 0.25) is 0 Å². The minimum Gasteiger partial charge on any atom is -1.00 e. The lowest BCUT2D eigenvalue weighted by molar-refractivity contribution is -0.00000664. The van der Waals surface area contributed by atoms with Gasteiger partial charge in [0.05, 0.1) is 6.61 Å². The molecule has 32 heavy (non-hydrogen) atoms. The molecule has 0 atom stereocenters. The van der Waals surface area contributed by atoms with Crippen molar-refractivity contribution in [3.63, 3.8) is 0 Å². The van der Waals surface area contributed by atoms with E-state index in [1.54, 1.807) is 7.11 Å². The van der Waals surface area contributed by atoms with Crippen LogP contribution in [0.2, 0.25) is 0 Å². The fourth-order valence-corrected chi connectivity index (χ4v) is 8.29. The number of halogens is 1. The predicted molar refractivity (Wildman–Crippen MR) is 133 cm³/mol. The van der Waals surface area contributed by atoms with Crippen molar-refractivity contribution in [1.29, 1.82) is 0 Å². The standard InChI is InChI=1S/C28H28O2P.BrH/c1-29-21-22-30-28-20-12-11-13-24(28)23-31(25-14-5-2-6-15-25,26-16-7-3-8-17-26)27-18-9-4-10-19-27;/h2-20H,21-23H2,1H3;1H/q+1;/p-1. The van der Waals surface area contributed by atoms with Gasteiger partial charge in [0.1, 0.15) is 41.7 Å². The summed E-state index contributed by atoms with van der Waals surface area (Å²) in [6.07, 6.45) is 0.897. The molecule has 0 unspecified atom stereocenters. The fraction of sp³-hybridized carbons (Fsp3) is 0.143. The molecular weight excluding hydrogens is 479 g/mol. The topological polar surface area (TPSA) is 18.5 Å². The Bertz CT molecular complexity index is 975. The van der Waals surface area contributed by atoms with E-state index in [0.717, 1.165) is 11.9 Å². The normalized spacial score (nSPS) is 10.9. The van der Waals surface area contributed by atoms with Crippen LogP contribution in [0.5, 0.6) is 5.75 Å². The maximum absolute atomic E-state index is 6.12. The zero-order chi connectivity index (χ0) is 21.4. The van der Waals surface area contributed by atoms with Crippen LogP contribution >= 0.6 is 7.26 Å². The molecule has 0 amide bonds. The molecule has 0 radical (unpaired) electrons. The summed E-state index contributed by atoms with van der Waals surface area (Å²) < 4.78 is 11.3. The first-order valence-corrected chi connectivity index (χ1v) is 12.6. The number of rotatable bonds is 9. The van der Waals surface area contributed by atoms with Gasteiger partial charge in [-0.1, -0.05) is 72.8 Å². The summed E-state index contributed by atoms with van der Waals surface area (Å²) in [5.41, 5.74) is 1.23. The van der Waals surface area contributed by atoms with E-state index >= 15 is 0 Å².